The predicted molar refractivity (Wildman–Crippen MR) is 131 cm³/mol. The van der Waals surface area contributed by atoms with Crippen molar-refractivity contribution in [3.63, 3.8) is 0 Å². The van der Waals surface area contributed by atoms with Crippen molar-refractivity contribution in [2.24, 2.45) is 0 Å². The van der Waals surface area contributed by atoms with Gasteiger partial charge in [0.25, 0.3) is 5.91 Å². The number of aryl methyl sites for hydroxylation is 1. The number of aromatic nitrogens is 2. The van der Waals surface area contributed by atoms with E-state index in [2.05, 4.69) is 26.3 Å². The first kappa shape index (κ1) is 23.7. The normalized spacial score (nSPS) is 10.4. The van der Waals surface area contributed by atoms with Crippen molar-refractivity contribution in [3.8, 4) is 11.4 Å². The highest BCUT2D eigenvalue weighted by atomic mass is 16.2. The van der Waals surface area contributed by atoms with Gasteiger partial charge >= 0.3 is 0 Å². The van der Waals surface area contributed by atoms with Gasteiger partial charge in [-0.15, -0.1) is 0 Å². The van der Waals surface area contributed by atoms with Crippen LogP contribution in [-0.4, -0.2) is 48.0 Å². The van der Waals surface area contributed by atoms with Crippen molar-refractivity contribution < 1.29 is 9.59 Å². The first-order valence-electron chi connectivity index (χ1n) is 10.9. The predicted octanol–water partition coefficient (Wildman–Crippen LogP) is 3.15. The molecule has 0 atom stereocenters. The molecule has 172 valence electrons. The van der Waals surface area contributed by atoms with Gasteiger partial charge in [-0.05, 0) is 26.0 Å². The zero-order valence-electron chi connectivity index (χ0n) is 19.2. The number of carbonyl (C=O) groups is 2. The van der Waals surface area contributed by atoms with Gasteiger partial charge in [-0.1, -0.05) is 48.0 Å². The second-order valence-corrected chi connectivity index (χ2v) is 7.69. The molecule has 3 aromatic rings. The van der Waals surface area contributed by atoms with Crippen LogP contribution in [0.2, 0.25) is 0 Å². The van der Waals surface area contributed by atoms with E-state index in [1.54, 1.807) is 0 Å². The Hall–Kier alpha value is -3.94. The Kier molecular flexibility index (Phi) is 8.35. The van der Waals surface area contributed by atoms with Crippen LogP contribution in [0.1, 0.15) is 28.4 Å². The lowest BCUT2D eigenvalue weighted by Gasteiger charge is -2.16. The Bertz CT molecular complexity index is 1080. The number of anilines is 2. The van der Waals surface area contributed by atoms with Crippen LogP contribution in [-0.2, 0) is 4.79 Å². The van der Waals surface area contributed by atoms with Crippen molar-refractivity contribution in [3.05, 3.63) is 71.3 Å². The standard InChI is InChI=1S/C25H30N6O2/c1-17-9-11-21(12-10-17)25(33)29-16-15-28-23-18(2)22(27-14-13-26-19(3)32)30-24(31-23)20-7-5-4-6-8-20/h4-12H,13-16H2,1-3H3,(H,26,32)(H,29,33)(H2,27,28,30,31). The topological polar surface area (TPSA) is 108 Å². The number of carbonyl (C=O) groups excluding carboxylic acids is 2. The lowest BCUT2D eigenvalue weighted by atomic mass is 10.1. The minimum absolute atomic E-state index is 0.0729. The van der Waals surface area contributed by atoms with E-state index < -0.39 is 0 Å². The maximum Gasteiger partial charge on any atom is 0.251 e. The van der Waals surface area contributed by atoms with Crippen molar-refractivity contribution >= 4 is 23.5 Å². The molecule has 2 aromatic carbocycles. The molecule has 0 unspecified atom stereocenters. The minimum atomic E-state index is -0.110. The van der Waals surface area contributed by atoms with Crippen molar-refractivity contribution in [1.82, 2.24) is 20.6 Å². The van der Waals surface area contributed by atoms with Gasteiger partial charge in [0, 0.05) is 49.8 Å². The summed E-state index contributed by atoms with van der Waals surface area (Å²) in [7, 11) is 0. The SMILES string of the molecule is CC(=O)NCCNc1nc(-c2ccccc2)nc(NCCNC(=O)c2ccc(C)cc2)c1C. The van der Waals surface area contributed by atoms with Gasteiger partial charge < -0.3 is 21.3 Å². The Morgan fingerprint density at radius 3 is 1.91 bits per heavy atom. The third kappa shape index (κ3) is 7.03. The fourth-order valence-electron chi connectivity index (χ4n) is 3.16. The summed E-state index contributed by atoms with van der Waals surface area (Å²) in [6.07, 6.45) is 0. The Labute approximate surface area is 194 Å². The third-order valence-corrected chi connectivity index (χ3v) is 4.99. The average molecular weight is 447 g/mol. The molecule has 2 amide bonds. The number of rotatable bonds is 10. The second-order valence-electron chi connectivity index (χ2n) is 7.69. The van der Waals surface area contributed by atoms with Crippen molar-refractivity contribution in [2.75, 3.05) is 36.8 Å². The zero-order chi connectivity index (χ0) is 23.6. The van der Waals surface area contributed by atoms with Crippen LogP contribution in [0.3, 0.4) is 0 Å². The number of nitrogens with zero attached hydrogens (tertiary/aromatic N) is 2. The molecule has 4 N–H and O–H groups in total. The Morgan fingerprint density at radius 2 is 1.33 bits per heavy atom. The number of benzene rings is 2. The smallest absolute Gasteiger partial charge is 0.251 e. The van der Waals surface area contributed by atoms with Crippen LogP contribution in [0, 0.1) is 13.8 Å². The lowest BCUT2D eigenvalue weighted by molar-refractivity contribution is -0.118. The Morgan fingerprint density at radius 1 is 0.758 bits per heavy atom. The Balaban J connectivity index is 1.67. The van der Waals surface area contributed by atoms with E-state index in [1.165, 1.54) is 6.92 Å². The maximum absolute atomic E-state index is 12.3. The van der Waals surface area contributed by atoms with Crippen LogP contribution < -0.4 is 21.3 Å². The molecule has 1 aromatic heterocycles. The number of amides is 2. The highest BCUT2D eigenvalue weighted by molar-refractivity contribution is 5.94. The molecule has 0 saturated heterocycles. The molecule has 0 aliphatic heterocycles. The van der Waals surface area contributed by atoms with Gasteiger partial charge in [0.15, 0.2) is 5.82 Å². The molecule has 33 heavy (non-hydrogen) atoms. The van der Waals surface area contributed by atoms with Crippen LogP contribution >= 0.6 is 0 Å². The van der Waals surface area contributed by atoms with Crippen molar-refractivity contribution in [2.45, 2.75) is 20.8 Å². The molecule has 0 spiro atoms. The summed E-state index contributed by atoms with van der Waals surface area (Å²) in [5.41, 5.74) is 3.51. The highest BCUT2D eigenvalue weighted by Crippen LogP contribution is 2.24. The van der Waals surface area contributed by atoms with Gasteiger partial charge in [0.1, 0.15) is 11.6 Å². The summed E-state index contributed by atoms with van der Waals surface area (Å²) >= 11 is 0. The maximum atomic E-state index is 12.3. The number of hydrogen-bond acceptors (Lipinski definition) is 6. The number of hydrogen-bond donors (Lipinski definition) is 4. The molecule has 0 saturated carbocycles. The molecule has 0 radical (unpaired) electrons. The van der Waals surface area contributed by atoms with Crippen LogP contribution in [0.25, 0.3) is 11.4 Å². The molecule has 8 heteroatoms. The van der Waals surface area contributed by atoms with Crippen LogP contribution in [0.4, 0.5) is 11.6 Å². The number of nitrogens with one attached hydrogen (secondary N) is 4. The van der Waals surface area contributed by atoms with Gasteiger partial charge in [-0.2, -0.15) is 0 Å². The van der Waals surface area contributed by atoms with E-state index in [0.717, 1.165) is 16.7 Å². The summed E-state index contributed by atoms with van der Waals surface area (Å²) in [6.45, 7) is 7.40. The monoisotopic (exact) mass is 446 g/mol. The zero-order valence-corrected chi connectivity index (χ0v) is 19.2. The molecule has 1 heterocycles. The molecule has 0 fully saturated rings. The summed E-state index contributed by atoms with van der Waals surface area (Å²) in [4.78, 5) is 32.8. The molecule has 8 nitrogen and oxygen atoms in total. The van der Waals surface area contributed by atoms with E-state index in [1.807, 2.05) is 68.4 Å². The molecular formula is C25H30N6O2. The molecular weight excluding hydrogens is 416 g/mol. The third-order valence-electron chi connectivity index (χ3n) is 4.99. The van der Waals surface area contributed by atoms with E-state index in [0.29, 0.717) is 49.2 Å². The second kappa shape index (κ2) is 11.6. The van der Waals surface area contributed by atoms with E-state index >= 15 is 0 Å². The van der Waals surface area contributed by atoms with Crippen molar-refractivity contribution in [1.29, 1.82) is 0 Å². The van der Waals surface area contributed by atoms with Gasteiger partial charge in [-0.25, -0.2) is 9.97 Å². The largest absolute Gasteiger partial charge is 0.368 e. The molecule has 0 aliphatic carbocycles. The summed E-state index contributed by atoms with van der Waals surface area (Å²) in [5.74, 6) is 1.79. The van der Waals surface area contributed by atoms with Gasteiger partial charge in [0.2, 0.25) is 5.91 Å². The summed E-state index contributed by atoms with van der Waals surface area (Å²) in [6, 6.07) is 17.2. The first-order chi connectivity index (χ1) is 15.9. The average Bonchev–Trinajstić information content (AvgIpc) is 2.82. The summed E-state index contributed by atoms with van der Waals surface area (Å²) in [5, 5.41) is 12.3. The minimum Gasteiger partial charge on any atom is -0.368 e. The summed E-state index contributed by atoms with van der Waals surface area (Å²) < 4.78 is 0. The van der Waals surface area contributed by atoms with E-state index in [9.17, 15) is 9.59 Å². The highest BCUT2D eigenvalue weighted by Gasteiger charge is 2.12. The van der Waals surface area contributed by atoms with Crippen LogP contribution in [0.15, 0.2) is 54.6 Å². The first-order valence-corrected chi connectivity index (χ1v) is 10.9. The van der Waals surface area contributed by atoms with E-state index in [-0.39, 0.29) is 11.8 Å². The molecule has 0 bridgehead atoms. The quantitative estimate of drug-likeness (QED) is 0.356. The fraction of sp³-hybridized carbons (Fsp3) is 0.280. The lowest BCUT2D eigenvalue weighted by Crippen LogP contribution is -2.29. The van der Waals surface area contributed by atoms with Gasteiger partial charge in [-0.3, -0.25) is 9.59 Å². The fourth-order valence-corrected chi connectivity index (χ4v) is 3.16. The van der Waals surface area contributed by atoms with E-state index in [4.69, 9.17) is 4.98 Å². The van der Waals surface area contributed by atoms with Crippen LogP contribution in [0.5, 0.6) is 0 Å². The molecule has 0 aliphatic rings. The molecule has 3 rings (SSSR count). The van der Waals surface area contributed by atoms with Gasteiger partial charge in [0.05, 0.1) is 0 Å².